The van der Waals surface area contributed by atoms with Crippen molar-refractivity contribution in [3.63, 3.8) is 0 Å². The van der Waals surface area contributed by atoms with Gasteiger partial charge in [0.2, 0.25) is 0 Å². The van der Waals surface area contributed by atoms with Crippen LogP contribution in [0.25, 0.3) is 0 Å². The Morgan fingerprint density at radius 3 is 2.68 bits per heavy atom. The molecule has 2 aliphatic rings. The van der Waals surface area contributed by atoms with Gasteiger partial charge in [0.15, 0.2) is 0 Å². The van der Waals surface area contributed by atoms with E-state index in [0.29, 0.717) is 24.0 Å². The van der Waals surface area contributed by atoms with Gasteiger partial charge in [-0.3, -0.25) is 4.90 Å². The topological polar surface area (TPSA) is 27.0 Å². The fraction of sp³-hybridized carbons (Fsp3) is 0.550. The molecule has 116 valence electrons. The number of nitriles is 1. The summed E-state index contributed by atoms with van der Waals surface area (Å²) in [6.07, 6.45) is 7.80. The molecule has 2 nitrogen and oxygen atoms in total. The molecule has 3 rings (SSSR count). The van der Waals surface area contributed by atoms with Gasteiger partial charge in [0.1, 0.15) is 0 Å². The second-order valence-electron chi connectivity index (χ2n) is 6.85. The van der Waals surface area contributed by atoms with Gasteiger partial charge in [0, 0.05) is 18.1 Å². The highest BCUT2D eigenvalue weighted by Gasteiger charge is 2.45. The summed E-state index contributed by atoms with van der Waals surface area (Å²) < 4.78 is 0. The Labute approximate surface area is 134 Å². The second kappa shape index (κ2) is 6.67. The zero-order valence-corrected chi connectivity index (χ0v) is 13.5. The van der Waals surface area contributed by atoms with Gasteiger partial charge in [-0.2, -0.15) is 5.26 Å². The van der Waals surface area contributed by atoms with Crippen molar-refractivity contribution in [2.45, 2.75) is 57.2 Å². The Hall–Kier alpha value is -1.59. The number of hydrogen-bond acceptors (Lipinski definition) is 2. The van der Waals surface area contributed by atoms with Gasteiger partial charge in [-0.1, -0.05) is 36.4 Å². The number of allylic oxidation sites excluding steroid dienone is 1. The van der Waals surface area contributed by atoms with Crippen molar-refractivity contribution in [2.24, 2.45) is 11.8 Å². The number of rotatable bonds is 4. The van der Waals surface area contributed by atoms with Crippen molar-refractivity contribution in [3.05, 3.63) is 48.6 Å². The first-order chi connectivity index (χ1) is 10.8. The van der Waals surface area contributed by atoms with Crippen molar-refractivity contribution < 1.29 is 0 Å². The molecule has 2 aliphatic heterocycles. The van der Waals surface area contributed by atoms with Gasteiger partial charge >= 0.3 is 0 Å². The zero-order chi connectivity index (χ0) is 15.5. The molecule has 0 saturated carbocycles. The van der Waals surface area contributed by atoms with Gasteiger partial charge in [-0.05, 0) is 50.5 Å². The van der Waals surface area contributed by atoms with Crippen LogP contribution in [0.5, 0.6) is 0 Å². The molecule has 0 radical (unpaired) electrons. The molecule has 2 bridgehead atoms. The van der Waals surface area contributed by atoms with Crippen molar-refractivity contribution in [1.29, 1.82) is 5.26 Å². The van der Waals surface area contributed by atoms with E-state index in [2.05, 4.69) is 54.8 Å². The molecule has 2 unspecified atom stereocenters. The van der Waals surface area contributed by atoms with Gasteiger partial charge in [0.05, 0.1) is 12.0 Å². The normalized spacial score (nSPS) is 32.9. The van der Waals surface area contributed by atoms with E-state index in [1.165, 1.54) is 31.2 Å². The van der Waals surface area contributed by atoms with E-state index in [9.17, 15) is 5.26 Å². The highest BCUT2D eigenvalue weighted by Crippen LogP contribution is 2.45. The summed E-state index contributed by atoms with van der Waals surface area (Å²) in [6.45, 7) is 6.20. The van der Waals surface area contributed by atoms with Crippen LogP contribution in [0.1, 0.15) is 50.6 Å². The average Bonchev–Trinajstić information content (AvgIpc) is 2.89. The number of benzene rings is 1. The predicted molar refractivity (Wildman–Crippen MR) is 90.1 cm³/mol. The smallest absolute Gasteiger partial charge is 0.0675 e. The molecule has 2 saturated heterocycles. The lowest BCUT2D eigenvalue weighted by atomic mass is 9.80. The molecule has 1 aromatic rings. The Balaban J connectivity index is 1.88. The number of fused-ring (bicyclic) bond motifs is 2. The molecule has 22 heavy (non-hydrogen) atoms. The first-order valence-corrected chi connectivity index (χ1v) is 8.59. The van der Waals surface area contributed by atoms with Gasteiger partial charge in [-0.25, -0.2) is 0 Å². The Bertz CT molecular complexity index is 545. The molecule has 2 fully saturated rings. The summed E-state index contributed by atoms with van der Waals surface area (Å²) in [5.74, 6) is 0.639. The maximum Gasteiger partial charge on any atom is 0.0675 e. The molecule has 1 aromatic carbocycles. The van der Waals surface area contributed by atoms with Crippen LogP contribution in [0.3, 0.4) is 0 Å². The average molecular weight is 294 g/mol. The minimum atomic E-state index is 0.150. The summed E-state index contributed by atoms with van der Waals surface area (Å²) in [4.78, 5) is 2.66. The van der Waals surface area contributed by atoms with Crippen molar-refractivity contribution >= 4 is 0 Å². The molecule has 0 N–H and O–H groups in total. The zero-order valence-electron chi connectivity index (χ0n) is 13.5. The largest absolute Gasteiger partial charge is 0.289 e. The van der Waals surface area contributed by atoms with Crippen LogP contribution >= 0.6 is 0 Å². The van der Waals surface area contributed by atoms with Crippen LogP contribution in [0, 0.1) is 23.2 Å². The third-order valence-electron chi connectivity index (χ3n) is 5.74. The maximum absolute atomic E-state index is 9.79. The monoisotopic (exact) mass is 294 g/mol. The van der Waals surface area contributed by atoms with Crippen LogP contribution in [0.4, 0.5) is 0 Å². The van der Waals surface area contributed by atoms with E-state index in [4.69, 9.17) is 0 Å². The van der Waals surface area contributed by atoms with Crippen LogP contribution in [-0.2, 0) is 0 Å². The Morgan fingerprint density at radius 1 is 1.27 bits per heavy atom. The van der Waals surface area contributed by atoms with Gasteiger partial charge in [0.25, 0.3) is 0 Å². The summed E-state index contributed by atoms with van der Waals surface area (Å²) in [5, 5.41) is 9.79. The second-order valence-corrected chi connectivity index (χ2v) is 6.85. The summed E-state index contributed by atoms with van der Waals surface area (Å²) in [6, 6.07) is 14.9. The first-order valence-electron chi connectivity index (χ1n) is 8.59. The van der Waals surface area contributed by atoms with E-state index < -0.39 is 0 Å². The molecule has 5 atom stereocenters. The fourth-order valence-electron chi connectivity index (χ4n) is 4.67. The van der Waals surface area contributed by atoms with E-state index in [0.717, 1.165) is 6.42 Å². The SMILES string of the molecule is C=CCC1CC[C@H]2CC[C@@H](C1C#N)N2[C@H](C)c1ccccc1. The van der Waals surface area contributed by atoms with E-state index in [-0.39, 0.29) is 5.92 Å². The first kappa shape index (κ1) is 15.3. The quantitative estimate of drug-likeness (QED) is 0.752. The number of hydrogen-bond donors (Lipinski definition) is 0. The molecule has 0 aliphatic carbocycles. The summed E-state index contributed by atoms with van der Waals surface area (Å²) >= 11 is 0. The standard InChI is InChI=1S/C20H26N2/c1-3-7-17-10-11-18-12-13-20(19(17)14-21)22(18)15(2)16-8-5-4-6-9-16/h3-6,8-9,15,17-20H,1,7,10-13H2,2H3/t15-,17?,18+,19?,20+/m1/s1. The molecule has 0 aromatic heterocycles. The van der Waals surface area contributed by atoms with E-state index in [1.807, 2.05) is 6.08 Å². The maximum atomic E-state index is 9.79. The minimum Gasteiger partial charge on any atom is -0.289 e. The van der Waals surface area contributed by atoms with Crippen LogP contribution in [-0.4, -0.2) is 17.0 Å². The number of nitrogens with zero attached hydrogens (tertiary/aromatic N) is 2. The lowest BCUT2D eigenvalue weighted by Gasteiger charge is -2.36. The third kappa shape index (κ3) is 2.71. The third-order valence-corrected chi connectivity index (χ3v) is 5.74. The van der Waals surface area contributed by atoms with Gasteiger partial charge < -0.3 is 0 Å². The predicted octanol–water partition coefficient (Wildman–Crippen LogP) is 4.71. The molecule has 2 heterocycles. The molecule has 2 heteroatoms. The Kier molecular flexibility index (Phi) is 4.64. The van der Waals surface area contributed by atoms with Crippen molar-refractivity contribution in [2.75, 3.05) is 0 Å². The highest BCUT2D eigenvalue weighted by atomic mass is 15.2. The van der Waals surface area contributed by atoms with E-state index >= 15 is 0 Å². The molecular weight excluding hydrogens is 268 g/mol. The van der Waals surface area contributed by atoms with E-state index in [1.54, 1.807) is 0 Å². The minimum absolute atomic E-state index is 0.150. The lowest BCUT2D eigenvalue weighted by molar-refractivity contribution is 0.119. The summed E-state index contributed by atoms with van der Waals surface area (Å²) in [5.41, 5.74) is 1.37. The van der Waals surface area contributed by atoms with Crippen LogP contribution in [0.15, 0.2) is 43.0 Å². The molecule has 0 amide bonds. The fourth-order valence-corrected chi connectivity index (χ4v) is 4.67. The molecule has 0 spiro atoms. The lowest BCUT2D eigenvalue weighted by Crippen LogP contribution is -2.41. The highest BCUT2D eigenvalue weighted by molar-refractivity contribution is 5.20. The van der Waals surface area contributed by atoms with Gasteiger partial charge in [-0.15, -0.1) is 6.58 Å². The molecular formula is C20H26N2. The summed E-state index contributed by atoms with van der Waals surface area (Å²) in [7, 11) is 0. The Morgan fingerprint density at radius 2 is 2.00 bits per heavy atom. The van der Waals surface area contributed by atoms with Crippen LogP contribution < -0.4 is 0 Å². The van der Waals surface area contributed by atoms with Crippen molar-refractivity contribution in [1.82, 2.24) is 4.90 Å². The van der Waals surface area contributed by atoms with Crippen LogP contribution in [0.2, 0.25) is 0 Å². The van der Waals surface area contributed by atoms with Crippen molar-refractivity contribution in [3.8, 4) is 6.07 Å².